The number of rotatable bonds is 5. The van der Waals surface area contributed by atoms with Crippen LogP contribution in [0, 0.1) is 0 Å². The third-order valence-electron chi connectivity index (χ3n) is 1.19. The van der Waals surface area contributed by atoms with Crippen molar-refractivity contribution in [2.45, 2.75) is 22.5 Å². The molecule has 0 fully saturated rings. The summed E-state index contributed by atoms with van der Waals surface area (Å²) in [6.07, 6.45) is 0.253. The second kappa shape index (κ2) is 5.53. The first kappa shape index (κ1) is 11.9. The maximum atomic E-state index is 10.4. The SMILES string of the molecule is O=C(O)CC[C@H](Br)[C@H](Br)C(=O)O. The van der Waals surface area contributed by atoms with E-state index in [1.807, 2.05) is 0 Å². The highest BCUT2D eigenvalue weighted by Crippen LogP contribution is 2.19. The molecule has 6 heteroatoms. The number of carbonyl (C=O) groups is 2. The van der Waals surface area contributed by atoms with Crippen LogP contribution in [-0.2, 0) is 9.59 Å². The predicted octanol–water partition coefficient (Wildman–Crippen LogP) is 1.46. The first-order chi connectivity index (χ1) is 5.45. The van der Waals surface area contributed by atoms with E-state index in [1.165, 1.54) is 0 Å². The smallest absolute Gasteiger partial charge is 0.318 e. The van der Waals surface area contributed by atoms with Gasteiger partial charge in [-0.3, -0.25) is 9.59 Å². The first-order valence-corrected chi connectivity index (χ1v) is 5.01. The third-order valence-corrected chi connectivity index (χ3v) is 3.91. The monoisotopic (exact) mass is 302 g/mol. The van der Waals surface area contributed by atoms with Crippen LogP contribution in [0.2, 0.25) is 0 Å². The number of carboxylic acid groups (broad SMARTS) is 2. The van der Waals surface area contributed by atoms with Crippen LogP contribution in [-0.4, -0.2) is 31.8 Å². The van der Waals surface area contributed by atoms with Crippen molar-refractivity contribution >= 4 is 43.8 Å². The molecule has 2 atom stereocenters. The first-order valence-electron chi connectivity index (χ1n) is 3.18. The molecule has 70 valence electrons. The molecule has 0 saturated heterocycles. The lowest BCUT2D eigenvalue weighted by molar-refractivity contribution is -0.138. The minimum absolute atomic E-state index is 0.0364. The average molecular weight is 304 g/mol. The maximum Gasteiger partial charge on any atom is 0.318 e. The van der Waals surface area contributed by atoms with E-state index in [2.05, 4.69) is 31.9 Å². The van der Waals surface area contributed by atoms with Crippen LogP contribution >= 0.6 is 31.9 Å². The zero-order valence-corrected chi connectivity index (χ0v) is 9.21. The summed E-state index contributed by atoms with van der Waals surface area (Å²) >= 11 is 6.00. The summed E-state index contributed by atoms with van der Waals surface area (Å²) in [6.45, 7) is 0. The lowest BCUT2D eigenvalue weighted by Crippen LogP contribution is -2.24. The van der Waals surface area contributed by atoms with E-state index < -0.39 is 16.8 Å². The fourth-order valence-electron chi connectivity index (χ4n) is 0.562. The van der Waals surface area contributed by atoms with Crippen molar-refractivity contribution in [2.75, 3.05) is 0 Å². The molecule has 0 unspecified atom stereocenters. The van der Waals surface area contributed by atoms with Crippen LogP contribution in [0.3, 0.4) is 0 Å². The summed E-state index contributed by atoms with van der Waals surface area (Å²) < 4.78 is 0. The molecule has 0 aliphatic rings. The van der Waals surface area contributed by atoms with Gasteiger partial charge in [0.2, 0.25) is 0 Å². The molecular formula is C6H8Br2O4. The van der Waals surface area contributed by atoms with Gasteiger partial charge < -0.3 is 10.2 Å². The van der Waals surface area contributed by atoms with E-state index in [1.54, 1.807) is 0 Å². The molecule has 0 saturated carbocycles. The Morgan fingerprint density at radius 1 is 1.25 bits per heavy atom. The molecule has 0 amide bonds. The second-order valence-electron chi connectivity index (χ2n) is 2.19. The second-order valence-corrected chi connectivity index (χ2v) is 4.35. The van der Waals surface area contributed by atoms with E-state index >= 15 is 0 Å². The molecule has 0 aromatic heterocycles. The maximum absolute atomic E-state index is 10.4. The summed E-state index contributed by atoms with van der Waals surface area (Å²) in [6, 6.07) is 0. The Hall–Kier alpha value is -0.100. The zero-order valence-electron chi connectivity index (χ0n) is 6.04. The Bertz CT molecular complexity index is 182. The van der Waals surface area contributed by atoms with Gasteiger partial charge >= 0.3 is 11.9 Å². The summed E-state index contributed by atoms with van der Waals surface area (Å²) in [5.41, 5.74) is 0. The van der Waals surface area contributed by atoms with Crippen molar-refractivity contribution < 1.29 is 19.8 Å². The Kier molecular flexibility index (Phi) is 5.48. The Morgan fingerprint density at radius 3 is 2.08 bits per heavy atom. The highest BCUT2D eigenvalue weighted by molar-refractivity contribution is 9.12. The van der Waals surface area contributed by atoms with Gasteiger partial charge in [-0.25, -0.2) is 0 Å². The van der Waals surface area contributed by atoms with Gasteiger partial charge in [0.1, 0.15) is 4.83 Å². The zero-order chi connectivity index (χ0) is 9.72. The molecule has 0 aromatic carbocycles. The number of hydrogen-bond donors (Lipinski definition) is 2. The van der Waals surface area contributed by atoms with Gasteiger partial charge in [-0.05, 0) is 6.42 Å². The molecule has 0 radical (unpaired) electrons. The van der Waals surface area contributed by atoms with Gasteiger partial charge in [0.05, 0.1) is 0 Å². The molecule has 0 bridgehead atoms. The van der Waals surface area contributed by atoms with Crippen LogP contribution in [0.5, 0.6) is 0 Å². The van der Waals surface area contributed by atoms with Crippen LogP contribution in [0.15, 0.2) is 0 Å². The predicted molar refractivity (Wildman–Crippen MR) is 49.9 cm³/mol. The van der Waals surface area contributed by atoms with Gasteiger partial charge in [-0.2, -0.15) is 0 Å². The molecule has 0 rings (SSSR count). The van der Waals surface area contributed by atoms with Crippen LogP contribution in [0.4, 0.5) is 0 Å². The highest BCUT2D eigenvalue weighted by Gasteiger charge is 2.23. The molecule has 0 heterocycles. The molecule has 0 spiro atoms. The lowest BCUT2D eigenvalue weighted by atomic mass is 10.2. The summed E-state index contributed by atoms with van der Waals surface area (Å²) in [4.78, 5) is 19.4. The minimum Gasteiger partial charge on any atom is -0.481 e. The normalized spacial score (nSPS) is 15.2. The Morgan fingerprint density at radius 2 is 1.75 bits per heavy atom. The summed E-state index contributed by atoms with van der Waals surface area (Å²) in [7, 11) is 0. The van der Waals surface area contributed by atoms with E-state index in [9.17, 15) is 9.59 Å². The number of carboxylic acids is 2. The average Bonchev–Trinajstić information content (AvgIpc) is 1.98. The van der Waals surface area contributed by atoms with E-state index in [4.69, 9.17) is 10.2 Å². The van der Waals surface area contributed by atoms with E-state index in [-0.39, 0.29) is 17.7 Å². The Labute approximate surface area is 86.2 Å². The molecule has 12 heavy (non-hydrogen) atoms. The van der Waals surface area contributed by atoms with E-state index in [0.717, 1.165) is 0 Å². The summed E-state index contributed by atoms with van der Waals surface area (Å²) in [5, 5.41) is 16.8. The number of halogens is 2. The fraction of sp³-hybridized carbons (Fsp3) is 0.667. The standard InChI is InChI=1S/C6H8Br2O4/c7-3(1-2-4(9)10)5(8)6(11)12/h3,5H,1-2H2,(H,9,10)(H,11,12)/t3-,5-/m0/s1. The van der Waals surface area contributed by atoms with Gasteiger partial charge in [0.15, 0.2) is 0 Å². The van der Waals surface area contributed by atoms with Gasteiger partial charge in [-0.1, -0.05) is 31.9 Å². The van der Waals surface area contributed by atoms with Crippen molar-refractivity contribution in [2.24, 2.45) is 0 Å². The van der Waals surface area contributed by atoms with Crippen LogP contribution in [0.1, 0.15) is 12.8 Å². The minimum atomic E-state index is -0.998. The van der Waals surface area contributed by atoms with Crippen LogP contribution in [0.25, 0.3) is 0 Å². The third kappa shape index (κ3) is 4.71. The molecule has 0 aromatic rings. The van der Waals surface area contributed by atoms with Crippen LogP contribution < -0.4 is 0 Å². The Balaban J connectivity index is 3.79. The number of hydrogen-bond acceptors (Lipinski definition) is 2. The molecule has 4 nitrogen and oxygen atoms in total. The fourth-order valence-corrected chi connectivity index (χ4v) is 1.28. The van der Waals surface area contributed by atoms with Gasteiger partial charge in [0.25, 0.3) is 0 Å². The van der Waals surface area contributed by atoms with Crippen molar-refractivity contribution in [1.29, 1.82) is 0 Å². The van der Waals surface area contributed by atoms with Crippen molar-refractivity contribution in [1.82, 2.24) is 0 Å². The number of aliphatic carboxylic acids is 2. The number of alkyl halides is 2. The van der Waals surface area contributed by atoms with Crippen molar-refractivity contribution in [3.05, 3.63) is 0 Å². The van der Waals surface area contributed by atoms with Crippen molar-refractivity contribution in [3.8, 4) is 0 Å². The summed E-state index contributed by atoms with van der Waals surface area (Å²) in [5.74, 6) is -1.92. The molecular weight excluding hydrogens is 296 g/mol. The van der Waals surface area contributed by atoms with E-state index in [0.29, 0.717) is 0 Å². The molecule has 0 aliphatic heterocycles. The molecule has 2 N–H and O–H groups in total. The highest BCUT2D eigenvalue weighted by atomic mass is 79.9. The topological polar surface area (TPSA) is 74.6 Å². The molecule has 0 aliphatic carbocycles. The largest absolute Gasteiger partial charge is 0.481 e. The van der Waals surface area contributed by atoms with Gasteiger partial charge in [0, 0.05) is 11.2 Å². The van der Waals surface area contributed by atoms with Crippen molar-refractivity contribution in [3.63, 3.8) is 0 Å². The lowest BCUT2D eigenvalue weighted by Gasteiger charge is -2.10. The quantitative estimate of drug-likeness (QED) is 0.754. The van der Waals surface area contributed by atoms with Gasteiger partial charge in [-0.15, -0.1) is 0 Å².